The molecule has 2 aromatic heterocycles. The molecule has 178 valence electrons. The van der Waals surface area contributed by atoms with E-state index in [-0.39, 0.29) is 12.5 Å². The van der Waals surface area contributed by atoms with Gasteiger partial charge in [-0.05, 0) is 37.6 Å². The number of nitrogens with zero attached hydrogens (tertiary/aromatic N) is 2. The summed E-state index contributed by atoms with van der Waals surface area (Å²) in [5, 5.41) is 6.73. The van der Waals surface area contributed by atoms with Crippen LogP contribution in [-0.2, 0) is 22.6 Å². The normalized spacial score (nSPS) is 11.1. The van der Waals surface area contributed by atoms with Crippen LogP contribution in [-0.4, -0.2) is 49.4 Å². The van der Waals surface area contributed by atoms with Crippen molar-refractivity contribution in [1.29, 1.82) is 0 Å². The van der Waals surface area contributed by atoms with Crippen molar-refractivity contribution in [3.8, 4) is 17.1 Å². The molecular weight excluding hydrogens is 485 g/mol. The van der Waals surface area contributed by atoms with E-state index in [1.165, 1.54) is 11.3 Å². The lowest BCUT2D eigenvalue weighted by atomic mass is 10.2. The molecule has 0 saturated carbocycles. The molecule has 1 aromatic carbocycles. The monoisotopic (exact) mass is 511 g/mol. The minimum absolute atomic E-state index is 0.113. The Labute approximate surface area is 207 Å². The van der Waals surface area contributed by atoms with Crippen molar-refractivity contribution in [2.75, 3.05) is 34.0 Å². The van der Waals surface area contributed by atoms with Crippen LogP contribution in [0.1, 0.15) is 27.5 Å². The van der Waals surface area contributed by atoms with E-state index >= 15 is 0 Å². The molecule has 0 aliphatic carbocycles. The van der Waals surface area contributed by atoms with Gasteiger partial charge >= 0.3 is 0 Å². The highest BCUT2D eigenvalue weighted by Gasteiger charge is 2.20. The maximum atomic E-state index is 12.8. The lowest BCUT2D eigenvalue weighted by Gasteiger charge is -2.10. The third kappa shape index (κ3) is 6.94. The molecule has 0 spiro atoms. The van der Waals surface area contributed by atoms with E-state index < -0.39 is 0 Å². The molecule has 0 fully saturated rings. The molecule has 0 unspecified atom stereocenters. The van der Waals surface area contributed by atoms with E-state index in [4.69, 9.17) is 42.4 Å². The van der Waals surface area contributed by atoms with Crippen LogP contribution in [0.4, 0.5) is 0 Å². The summed E-state index contributed by atoms with van der Waals surface area (Å²) >= 11 is 13.6. The quantitative estimate of drug-likeness (QED) is 0.337. The van der Waals surface area contributed by atoms with Crippen molar-refractivity contribution in [1.82, 2.24) is 14.9 Å². The van der Waals surface area contributed by atoms with Crippen LogP contribution >= 0.6 is 34.5 Å². The van der Waals surface area contributed by atoms with Crippen molar-refractivity contribution in [2.24, 2.45) is 0 Å². The fourth-order valence-electron chi connectivity index (χ4n) is 3.32. The lowest BCUT2D eigenvalue weighted by Crippen LogP contribution is -2.25. The number of aromatic nitrogens is 2. The maximum Gasteiger partial charge on any atom is 0.253 e. The summed E-state index contributed by atoms with van der Waals surface area (Å²) in [5.41, 5.74) is 3.13. The Hall–Kier alpha value is -2.10. The van der Waals surface area contributed by atoms with Gasteiger partial charge < -0.3 is 24.1 Å². The van der Waals surface area contributed by atoms with Crippen LogP contribution in [0, 0.1) is 6.92 Å². The number of ether oxygens (including phenoxy) is 3. The molecule has 33 heavy (non-hydrogen) atoms. The smallest absolute Gasteiger partial charge is 0.253 e. The Morgan fingerprint density at radius 1 is 1.12 bits per heavy atom. The molecule has 1 N–H and O–H groups in total. The second kappa shape index (κ2) is 12.4. The Morgan fingerprint density at radius 3 is 2.55 bits per heavy atom. The van der Waals surface area contributed by atoms with Crippen molar-refractivity contribution >= 4 is 40.4 Å². The van der Waals surface area contributed by atoms with Gasteiger partial charge in [-0.15, -0.1) is 11.3 Å². The summed E-state index contributed by atoms with van der Waals surface area (Å²) in [6, 6.07) is 6.95. The van der Waals surface area contributed by atoms with Crippen LogP contribution < -0.4 is 10.1 Å². The van der Waals surface area contributed by atoms with Gasteiger partial charge in [0, 0.05) is 55.0 Å². The van der Waals surface area contributed by atoms with Gasteiger partial charge in [0.25, 0.3) is 5.91 Å². The minimum atomic E-state index is -0.113. The summed E-state index contributed by atoms with van der Waals surface area (Å²) in [4.78, 5) is 17.5. The average Bonchev–Trinajstić information content (AvgIpc) is 3.37. The van der Waals surface area contributed by atoms with Gasteiger partial charge in [-0.1, -0.05) is 23.2 Å². The Kier molecular flexibility index (Phi) is 9.58. The molecule has 2 heterocycles. The summed E-state index contributed by atoms with van der Waals surface area (Å²) < 4.78 is 18.2. The molecule has 0 atom stereocenters. The molecule has 0 saturated heterocycles. The molecule has 7 nitrogen and oxygen atoms in total. The highest BCUT2D eigenvalue weighted by atomic mass is 35.5. The van der Waals surface area contributed by atoms with Gasteiger partial charge in [-0.3, -0.25) is 4.79 Å². The molecule has 0 aliphatic rings. The average molecular weight is 512 g/mol. The van der Waals surface area contributed by atoms with E-state index in [0.29, 0.717) is 47.7 Å². The first-order valence-corrected chi connectivity index (χ1v) is 12.1. The second-order valence-electron chi connectivity index (χ2n) is 7.30. The van der Waals surface area contributed by atoms with Gasteiger partial charge in [0.15, 0.2) is 0 Å². The van der Waals surface area contributed by atoms with Crippen LogP contribution in [0.2, 0.25) is 10.0 Å². The molecular formula is C23H27Cl2N3O4S. The third-order valence-electron chi connectivity index (χ3n) is 4.95. The van der Waals surface area contributed by atoms with Gasteiger partial charge in [-0.25, -0.2) is 4.98 Å². The number of carbonyl (C=O) groups excluding carboxylic acids is 1. The largest absolute Gasteiger partial charge is 0.486 e. The highest BCUT2D eigenvalue weighted by Crippen LogP contribution is 2.29. The SMILES string of the molecule is COCCCNC(=O)c1cc(-c2csc(COc3cc(Cl)cc(Cl)c3)n2)n(CCOC)c1C. The Balaban J connectivity index is 1.78. The van der Waals surface area contributed by atoms with E-state index in [1.54, 1.807) is 32.4 Å². The van der Waals surface area contributed by atoms with Crippen LogP contribution in [0.5, 0.6) is 5.75 Å². The number of halogens is 2. The molecule has 3 aromatic rings. The number of nitrogens with one attached hydrogen (secondary N) is 1. The number of hydrogen-bond donors (Lipinski definition) is 1. The summed E-state index contributed by atoms with van der Waals surface area (Å²) in [6.07, 6.45) is 0.756. The Morgan fingerprint density at radius 2 is 1.85 bits per heavy atom. The lowest BCUT2D eigenvalue weighted by molar-refractivity contribution is 0.0947. The van der Waals surface area contributed by atoms with E-state index in [2.05, 4.69) is 9.88 Å². The zero-order valence-corrected chi connectivity index (χ0v) is 21.1. The number of amides is 1. The van der Waals surface area contributed by atoms with Gasteiger partial charge in [0.1, 0.15) is 17.4 Å². The topological polar surface area (TPSA) is 74.6 Å². The Bertz CT molecular complexity index is 1060. The molecule has 1 amide bonds. The minimum Gasteiger partial charge on any atom is -0.486 e. The van der Waals surface area contributed by atoms with Crippen LogP contribution in [0.25, 0.3) is 11.4 Å². The van der Waals surface area contributed by atoms with Crippen LogP contribution in [0.15, 0.2) is 29.6 Å². The maximum absolute atomic E-state index is 12.8. The van der Waals surface area contributed by atoms with Gasteiger partial charge in [0.05, 0.1) is 23.6 Å². The van der Waals surface area contributed by atoms with Gasteiger partial charge in [-0.2, -0.15) is 0 Å². The summed E-state index contributed by atoms with van der Waals surface area (Å²) in [6.45, 7) is 4.50. The number of carbonyl (C=O) groups is 1. The van der Waals surface area contributed by atoms with Crippen molar-refractivity contribution in [3.05, 3.63) is 56.0 Å². The standard InChI is InChI=1S/C23H27Cl2N3O4S/c1-15-19(23(29)26-5-4-7-30-2)12-21(28(15)6-8-31-3)20-14-33-22(27-20)13-32-18-10-16(24)9-17(25)11-18/h9-12,14H,4-8,13H2,1-3H3,(H,26,29). The number of benzene rings is 1. The molecule has 0 radical (unpaired) electrons. The number of methoxy groups -OCH3 is 2. The molecule has 0 aliphatic heterocycles. The highest BCUT2D eigenvalue weighted by molar-refractivity contribution is 7.09. The van der Waals surface area contributed by atoms with E-state index in [9.17, 15) is 4.79 Å². The summed E-state index contributed by atoms with van der Waals surface area (Å²) in [7, 11) is 3.30. The van der Waals surface area contributed by atoms with Gasteiger partial charge in [0.2, 0.25) is 0 Å². The summed E-state index contributed by atoms with van der Waals surface area (Å²) in [5.74, 6) is 0.466. The first kappa shape index (κ1) is 25.5. The number of hydrogen-bond acceptors (Lipinski definition) is 6. The van der Waals surface area contributed by atoms with E-state index in [0.717, 1.165) is 28.5 Å². The predicted octanol–water partition coefficient (Wildman–Crippen LogP) is 5.22. The van der Waals surface area contributed by atoms with E-state index in [1.807, 2.05) is 18.4 Å². The van der Waals surface area contributed by atoms with Crippen LogP contribution in [0.3, 0.4) is 0 Å². The fraction of sp³-hybridized carbons (Fsp3) is 0.391. The first-order valence-electron chi connectivity index (χ1n) is 10.4. The third-order valence-corrected chi connectivity index (χ3v) is 6.21. The zero-order valence-electron chi connectivity index (χ0n) is 18.8. The molecule has 0 bridgehead atoms. The molecule has 3 rings (SSSR count). The van der Waals surface area contributed by atoms with Crippen molar-refractivity contribution in [3.63, 3.8) is 0 Å². The van der Waals surface area contributed by atoms with Crippen molar-refractivity contribution in [2.45, 2.75) is 26.5 Å². The zero-order chi connectivity index (χ0) is 23.8. The number of rotatable bonds is 12. The first-order chi connectivity index (χ1) is 15.9. The number of thiazole rings is 1. The molecule has 10 heteroatoms. The second-order valence-corrected chi connectivity index (χ2v) is 9.11. The fourth-order valence-corrected chi connectivity index (χ4v) is 4.53. The van der Waals surface area contributed by atoms with Crippen molar-refractivity contribution < 1.29 is 19.0 Å². The predicted molar refractivity (Wildman–Crippen MR) is 132 cm³/mol.